The molecule has 3 N–H and O–H groups in total. The first-order valence-corrected chi connectivity index (χ1v) is 8.68. The first-order valence-electron chi connectivity index (χ1n) is 8.68. The zero-order valence-electron chi connectivity index (χ0n) is 15.0. The van der Waals surface area contributed by atoms with Crippen LogP contribution in [-0.2, 0) is 6.54 Å². The molecule has 2 aromatic carbocycles. The molecule has 4 rings (SSSR count). The third-order valence-corrected chi connectivity index (χ3v) is 4.42. The molecule has 0 fully saturated rings. The maximum Gasteiger partial charge on any atom is 0.489 e. The normalized spacial score (nSPS) is 11.0. The zero-order chi connectivity index (χ0) is 19.7. The highest BCUT2D eigenvalue weighted by atomic mass is 19.1. The summed E-state index contributed by atoms with van der Waals surface area (Å²) >= 11 is 0. The van der Waals surface area contributed by atoms with Crippen LogP contribution >= 0.6 is 0 Å². The van der Waals surface area contributed by atoms with Gasteiger partial charge in [0.25, 0.3) is 5.95 Å². The van der Waals surface area contributed by atoms with E-state index in [-0.39, 0.29) is 5.82 Å². The number of fused-ring (bicyclic) bond motifs is 1. The van der Waals surface area contributed by atoms with Gasteiger partial charge in [0.15, 0.2) is 0 Å². The zero-order valence-corrected chi connectivity index (χ0v) is 15.0. The van der Waals surface area contributed by atoms with Crippen molar-refractivity contribution in [3.05, 3.63) is 71.8 Å². The Labute approximate surface area is 160 Å². The summed E-state index contributed by atoms with van der Waals surface area (Å²) in [6, 6.07) is 11.5. The summed E-state index contributed by atoms with van der Waals surface area (Å²) in [5, 5.41) is 27.2. The molecule has 0 unspecified atom stereocenters. The van der Waals surface area contributed by atoms with Crippen LogP contribution in [0.15, 0.2) is 54.9 Å². The monoisotopic (exact) mass is 377 g/mol. The van der Waals surface area contributed by atoms with E-state index in [2.05, 4.69) is 20.4 Å². The van der Waals surface area contributed by atoms with E-state index >= 15 is 0 Å². The highest BCUT2D eigenvalue weighted by Crippen LogP contribution is 2.18. The molecule has 7 nitrogen and oxygen atoms in total. The fourth-order valence-electron chi connectivity index (χ4n) is 3.00. The molecule has 0 saturated heterocycles. The highest BCUT2D eigenvalue weighted by Gasteiger charge is 2.18. The van der Waals surface area contributed by atoms with E-state index in [1.54, 1.807) is 36.7 Å². The third kappa shape index (κ3) is 3.45. The Balaban J connectivity index is 1.67. The van der Waals surface area contributed by atoms with Crippen molar-refractivity contribution in [1.29, 1.82) is 0 Å². The van der Waals surface area contributed by atoms with Gasteiger partial charge in [-0.25, -0.2) is 9.37 Å². The molecule has 4 aromatic rings. The molecule has 28 heavy (non-hydrogen) atoms. The van der Waals surface area contributed by atoms with Crippen LogP contribution in [0.2, 0.25) is 0 Å². The molecule has 140 valence electrons. The van der Waals surface area contributed by atoms with E-state index < -0.39 is 7.12 Å². The molecule has 0 aliphatic carbocycles. The summed E-state index contributed by atoms with van der Waals surface area (Å²) in [5.41, 5.74) is 2.65. The van der Waals surface area contributed by atoms with Crippen molar-refractivity contribution in [2.45, 2.75) is 13.5 Å². The number of benzene rings is 2. The Morgan fingerprint density at radius 2 is 1.96 bits per heavy atom. The number of rotatable bonds is 5. The third-order valence-electron chi connectivity index (χ3n) is 4.42. The largest absolute Gasteiger partial charge is 0.489 e. The van der Waals surface area contributed by atoms with Crippen molar-refractivity contribution in [1.82, 2.24) is 19.7 Å². The van der Waals surface area contributed by atoms with Crippen LogP contribution in [0.25, 0.3) is 16.9 Å². The highest BCUT2D eigenvalue weighted by molar-refractivity contribution is 6.61. The fourth-order valence-corrected chi connectivity index (χ4v) is 3.00. The lowest BCUT2D eigenvalue weighted by atomic mass is 9.78. The minimum atomic E-state index is -1.59. The van der Waals surface area contributed by atoms with Gasteiger partial charge in [0.2, 0.25) is 0 Å². The topological polar surface area (TPSA) is 96.1 Å². The summed E-state index contributed by atoms with van der Waals surface area (Å²) in [5.74, 6) is 0.660. The minimum Gasteiger partial charge on any atom is -0.423 e. The number of halogens is 1. The van der Waals surface area contributed by atoms with Gasteiger partial charge in [-0.2, -0.15) is 14.8 Å². The van der Waals surface area contributed by atoms with Gasteiger partial charge < -0.3 is 15.4 Å². The number of hydrogen-bond donors (Lipinski definition) is 3. The summed E-state index contributed by atoms with van der Waals surface area (Å²) in [7, 11) is -1.59. The van der Waals surface area contributed by atoms with Crippen LogP contribution in [0.4, 0.5) is 10.2 Å². The molecule has 0 saturated carbocycles. The van der Waals surface area contributed by atoms with Crippen LogP contribution in [0.5, 0.6) is 0 Å². The Hall–Kier alpha value is -3.30. The molecule has 0 radical (unpaired) electrons. The maximum atomic E-state index is 13.4. The van der Waals surface area contributed by atoms with Crippen molar-refractivity contribution in [3.63, 3.8) is 0 Å². The van der Waals surface area contributed by atoms with Crippen molar-refractivity contribution in [2.24, 2.45) is 0 Å². The summed E-state index contributed by atoms with van der Waals surface area (Å²) < 4.78 is 14.9. The lowest BCUT2D eigenvalue weighted by Crippen LogP contribution is -2.30. The number of aryl methyl sites for hydroxylation is 1. The molecular weight excluding hydrogens is 360 g/mol. The lowest BCUT2D eigenvalue weighted by Gasteiger charge is -2.11. The average Bonchev–Trinajstić information content (AvgIpc) is 3.11. The molecule has 0 bridgehead atoms. The van der Waals surface area contributed by atoms with Crippen molar-refractivity contribution in [3.8, 4) is 5.95 Å². The summed E-state index contributed by atoms with van der Waals surface area (Å²) in [6.07, 6.45) is 3.22. The van der Waals surface area contributed by atoms with E-state index in [0.717, 1.165) is 11.1 Å². The molecule has 2 aromatic heterocycles. The number of aromatic nitrogens is 4. The van der Waals surface area contributed by atoms with Gasteiger partial charge >= 0.3 is 7.12 Å². The van der Waals surface area contributed by atoms with Crippen LogP contribution < -0.4 is 10.8 Å². The molecule has 0 spiro atoms. The van der Waals surface area contributed by atoms with Crippen LogP contribution in [-0.4, -0.2) is 36.9 Å². The van der Waals surface area contributed by atoms with Crippen LogP contribution in [0, 0.1) is 12.7 Å². The first kappa shape index (κ1) is 18.1. The Bertz CT molecular complexity index is 1150. The van der Waals surface area contributed by atoms with Gasteiger partial charge in [-0.1, -0.05) is 24.3 Å². The molecule has 0 atom stereocenters. The van der Waals surface area contributed by atoms with Gasteiger partial charge in [0, 0.05) is 23.7 Å². The maximum absolute atomic E-state index is 13.4. The van der Waals surface area contributed by atoms with Gasteiger partial charge in [-0.3, -0.25) is 0 Å². The van der Waals surface area contributed by atoms with Gasteiger partial charge in [-0.15, -0.1) is 0 Å². The van der Waals surface area contributed by atoms with Crippen LogP contribution in [0.1, 0.15) is 11.1 Å². The second-order valence-electron chi connectivity index (χ2n) is 6.40. The number of nitrogens with one attached hydrogen (secondary N) is 1. The summed E-state index contributed by atoms with van der Waals surface area (Å²) in [4.78, 5) is 8.88. The van der Waals surface area contributed by atoms with Gasteiger partial charge in [0.1, 0.15) is 11.6 Å². The van der Waals surface area contributed by atoms with Crippen molar-refractivity contribution >= 4 is 29.3 Å². The molecule has 0 aliphatic heterocycles. The average molecular weight is 377 g/mol. The Morgan fingerprint density at radius 3 is 2.75 bits per heavy atom. The second-order valence-corrected chi connectivity index (χ2v) is 6.40. The molecule has 9 heteroatoms. The van der Waals surface area contributed by atoms with E-state index in [4.69, 9.17) is 0 Å². The predicted octanol–water partition coefficient (Wildman–Crippen LogP) is 1.55. The van der Waals surface area contributed by atoms with Gasteiger partial charge in [0.05, 0.1) is 11.7 Å². The SMILES string of the molecule is Cc1cnc(-n2ncc3c(B(O)O)cccc32)nc1NCc1cccc(F)c1. The first-order chi connectivity index (χ1) is 13.5. The predicted molar refractivity (Wildman–Crippen MR) is 105 cm³/mol. The van der Waals surface area contributed by atoms with E-state index in [9.17, 15) is 14.4 Å². The number of nitrogens with zero attached hydrogens (tertiary/aromatic N) is 4. The van der Waals surface area contributed by atoms with Crippen LogP contribution in [0.3, 0.4) is 0 Å². The minimum absolute atomic E-state index is 0.288. The Kier molecular flexibility index (Phi) is 4.76. The van der Waals surface area contributed by atoms with Crippen molar-refractivity contribution in [2.75, 3.05) is 5.32 Å². The molecular formula is C19H17BFN5O2. The summed E-state index contributed by atoms with van der Waals surface area (Å²) in [6.45, 7) is 2.29. The van der Waals surface area contributed by atoms with Gasteiger partial charge in [-0.05, 0) is 36.1 Å². The van der Waals surface area contributed by atoms with E-state index in [1.165, 1.54) is 16.8 Å². The molecule has 2 heterocycles. The lowest BCUT2D eigenvalue weighted by molar-refractivity contribution is 0.426. The molecule has 0 aliphatic rings. The standard InChI is InChI=1S/C19H17BFN5O2/c1-12-9-23-19(25-18(12)22-10-13-4-2-5-14(21)8-13)26-17-7-3-6-16(20(27)28)15(17)11-24-26/h2-9,11,27-28H,10H2,1H3,(H,22,23,25). The Morgan fingerprint density at radius 1 is 1.14 bits per heavy atom. The smallest absolute Gasteiger partial charge is 0.423 e. The van der Waals surface area contributed by atoms with Crippen molar-refractivity contribution < 1.29 is 14.4 Å². The fraction of sp³-hybridized carbons (Fsp3) is 0.105. The molecule has 0 amide bonds. The second kappa shape index (κ2) is 7.38. The number of hydrogen-bond acceptors (Lipinski definition) is 6. The van der Waals surface area contributed by atoms with E-state index in [0.29, 0.717) is 34.7 Å². The van der Waals surface area contributed by atoms with E-state index in [1.807, 2.05) is 13.0 Å². The number of anilines is 1. The quantitative estimate of drug-likeness (QED) is 0.457.